The van der Waals surface area contributed by atoms with Crippen LogP contribution in [0, 0.1) is 71.0 Å². The summed E-state index contributed by atoms with van der Waals surface area (Å²) in [5.41, 5.74) is 0. The van der Waals surface area contributed by atoms with E-state index in [1.807, 2.05) is 0 Å². The molecular formula is C28H43NO4. The van der Waals surface area contributed by atoms with Crippen molar-refractivity contribution in [1.29, 1.82) is 0 Å². The Bertz CT molecular complexity index is 754. The summed E-state index contributed by atoms with van der Waals surface area (Å²) in [4.78, 5) is 27.2. The molecule has 0 heterocycles. The molecule has 0 aromatic carbocycles. The Morgan fingerprint density at radius 1 is 0.818 bits per heavy atom. The minimum atomic E-state index is -0.281. The van der Waals surface area contributed by atoms with Gasteiger partial charge in [0.1, 0.15) is 6.10 Å². The number of esters is 1. The number of aliphatic hydroxyl groups excluding tert-OH is 1. The van der Waals surface area contributed by atoms with Crippen LogP contribution in [0.1, 0.15) is 71.6 Å². The van der Waals surface area contributed by atoms with Gasteiger partial charge in [0.2, 0.25) is 5.91 Å². The molecule has 0 aliphatic heterocycles. The van der Waals surface area contributed by atoms with Crippen LogP contribution >= 0.6 is 0 Å². The van der Waals surface area contributed by atoms with Crippen molar-refractivity contribution < 1.29 is 19.4 Å². The summed E-state index contributed by atoms with van der Waals surface area (Å²) in [6.07, 6.45) is 11.1. The fourth-order valence-electron chi connectivity index (χ4n) is 10.7. The van der Waals surface area contributed by atoms with Crippen LogP contribution in [0.5, 0.6) is 0 Å². The summed E-state index contributed by atoms with van der Waals surface area (Å²) < 4.78 is 6.45. The Morgan fingerprint density at radius 2 is 1.39 bits per heavy atom. The molecule has 5 nitrogen and oxygen atoms in total. The molecule has 0 aromatic rings. The Kier molecular flexibility index (Phi) is 5.78. The van der Waals surface area contributed by atoms with E-state index in [-0.39, 0.29) is 43.0 Å². The number of nitrogens with one attached hydrogen (secondary N) is 1. The van der Waals surface area contributed by atoms with Crippen molar-refractivity contribution >= 4 is 11.9 Å². The first kappa shape index (κ1) is 22.4. The number of hydrogen-bond donors (Lipinski definition) is 2. The van der Waals surface area contributed by atoms with Crippen molar-refractivity contribution in [3.05, 3.63) is 0 Å². The number of amides is 1. The van der Waals surface area contributed by atoms with Crippen LogP contribution in [0.15, 0.2) is 0 Å². The van der Waals surface area contributed by atoms with Crippen molar-refractivity contribution in [2.75, 3.05) is 13.2 Å². The molecule has 7 aliphatic rings. The van der Waals surface area contributed by atoms with E-state index in [2.05, 4.69) is 19.2 Å². The first-order valence-corrected chi connectivity index (χ1v) is 14.1. The molecule has 7 fully saturated rings. The molecule has 7 saturated carbocycles. The highest BCUT2D eigenvalue weighted by atomic mass is 16.5. The van der Waals surface area contributed by atoms with Gasteiger partial charge in [-0.05, 0) is 104 Å². The molecule has 184 valence electrons. The van der Waals surface area contributed by atoms with Crippen LogP contribution in [-0.4, -0.2) is 36.2 Å². The first-order valence-electron chi connectivity index (χ1n) is 14.1. The maximum Gasteiger partial charge on any atom is 0.310 e. The minimum absolute atomic E-state index is 0.0168. The second-order valence-electron chi connectivity index (χ2n) is 12.7. The summed E-state index contributed by atoms with van der Waals surface area (Å²) in [6.45, 7) is 4.81. The Hall–Kier alpha value is -1.10. The van der Waals surface area contributed by atoms with Gasteiger partial charge in [-0.15, -0.1) is 0 Å². The molecule has 7 aliphatic carbocycles. The van der Waals surface area contributed by atoms with Gasteiger partial charge in [0.25, 0.3) is 0 Å². The highest BCUT2D eigenvalue weighted by molar-refractivity contribution is 5.87. The Balaban J connectivity index is 1.25. The monoisotopic (exact) mass is 457 g/mol. The van der Waals surface area contributed by atoms with E-state index < -0.39 is 0 Å². The lowest BCUT2D eigenvalue weighted by Crippen LogP contribution is -2.52. The molecule has 33 heavy (non-hydrogen) atoms. The highest BCUT2D eigenvalue weighted by Crippen LogP contribution is 2.68. The zero-order valence-corrected chi connectivity index (χ0v) is 20.5. The smallest absolute Gasteiger partial charge is 0.310 e. The standard InChI is InChI=1S/C28H43NO4/c1-3-16-12-17(4-2)23-21-13-20(22(16)23)24(27(31)29-5-6-30)25(21)28(32)33-26-18-8-14-7-15(10-18)11-19(26)9-14/h14-26,30H,3-13H2,1-2H3,(H,29,31). The van der Waals surface area contributed by atoms with Crippen molar-refractivity contribution in [2.45, 2.75) is 77.7 Å². The number of carbonyl (C=O) groups excluding carboxylic acids is 2. The van der Waals surface area contributed by atoms with Gasteiger partial charge in [0.15, 0.2) is 0 Å². The Labute approximate surface area is 198 Å². The summed E-state index contributed by atoms with van der Waals surface area (Å²) in [7, 11) is 0. The maximum atomic E-state index is 13.9. The third-order valence-electron chi connectivity index (χ3n) is 11.4. The summed E-state index contributed by atoms with van der Waals surface area (Å²) >= 11 is 0. The number of rotatable bonds is 7. The average Bonchev–Trinajstić information content (AvgIpc) is 3.48. The van der Waals surface area contributed by atoms with Crippen molar-refractivity contribution in [1.82, 2.24) is 5.32 Å². The molecular weight excluding hydrogens is 414 g/mol. The molecule has 0 aromatic heterocycles. The van der Waals surface area contributed by atoms with Crippen LogP contribution in [0.4, 0.5) is 0 Å². The van der Waals surface area contributed by atoms with Crippen LogP contribution < -0.4 is 5.32 Å². The largest absolute Gasteiger partial charge is 0.462 e. The third kappa shape index (κ3) is 3.42. The van der Waals surface area contributed by atoms with Crippen LogP contribution in [0.2, 0.25) is 0 Å². The third-order valence-corrected chi connectivity index (χ3v) is 11.4. The predicted octanol–water partition coefficient (Wildman–Crippen LogP) is 4.03. The van der Waals surface area contributed by atoms with E-state index in [1.54, 1.807) is 0 Å². The van der Waals surface area contributed by atoms with Crippen LogP contribution in [0.3, 0.4) is 0 Å². The van der Waals surface area contributed by atoms with Gasteiger partial charge in [-0.25, -0.2) is 0 Å². The zero-order chi connectivity index (χ0) is 22.9. The topological polar surface area (TPSA) is 75.6 Å². The summed E-state index contributed by atoms with van der Waals surface area (Å²) in [5.74, 6) is 5.35. The van der Waals surface area contributed by atoms with Gasteiger partial charge in [-0.1, -0.05) is 26.7 Å². The second kappa shape index (κ2) is 8.53. The minimum Gasteiger partial charge on any atom is -0.462 e. The molecule has 8 unspecified atom stereocenters. The molecule has 2 N–H and O–H groups in total. The summed E-state index contributed by atoms with van der Waals surface area (Å²) in [5, 5.41) is 12.2. The molecule has 5 heteroatoms. The van der Waals surface area contributed by atoms with Gasteiger partial charge in [-0.2, -0.15) is 0 Å². The average molecular weight is 458 g/mol. The molecule has 0 radical (unpaired) electrons. The summed E-state index contributed by atoms with van der Waals surface area (Å²) in [6, 6.07) is 0. The zero-order valence-electron chi connectivity index (χ0n) is 20.5. The number of aliphatic hydroxyl groups is 1. The first-order chi connectivity index (χ1) is 16.0. The van der Waals surface area contributed by atoms with Gasteiger partial charge < -0.3 is 15.2 Å². The molecule has 8 atom stereocenters. The lowest BCUT2D eigenvalue weighted by Gasteiger charge is -2.53. The van der Waals surface area contributed by atoms with Gasteiger partial charge in [0.05, 0.1) is 18.4 Å². The molecule has 0 saturated heterocycles. The predicted molar refractivity (Wildman–Crippen MR) is 125 cm³/mol. The van der Waals surface area contributed by atoms with E-state index in [0.717, 1.165) is 18.3 Å². The van der Waals surface area contributed by atoms with Crippen molar-refractivity contribution in [3.63, 3.8) is 0 Å². The SMILES string of the molecule is CCC1CC(CC)C2C3CC(C(C(=O)NCCO)C3C(=O)OC3C4CC5CC(C4)CC3C5)C12. The van der Waals surface area contributed by atoms with Gasteiger partial charge in [0, 0.05) is 6.54 Å². The fraction of sp³-hybridized carbons (Fsp3) is 0.929. The molecule has 1 amide bonds. The molecule has 6 bridgehead atoms. The molecule has 0 spiro atoms. The number of hydrogen-bond acceptors (Lipinski definition) is 4. The lowest BCUT2D eigenvalue weighted by atomic mass is 9.55. The Morgan fingerprint density at radius 3 is 1.94 bits per heavy atom. The van der Waals surface area contributed by atoms with E-state index >= 15 is 0 Å². The number of carbonyl (C=O) groups is 2. The highest BCUT2D eigenvalue weighted by Gasteiger charge is 2.67. The van der Waals surface area contributed by atoms with E-state index in [9.17, 15) is 14.7 Å². The maximum absolute atomic E-state index is 13.9. The second-order valence-corrected chi connectivity index (χ2v) is 12.7. The van der Waals surface area contributed by atoms with Crippen molar-refractivity contribution in [3.8, 4) is 0 Å². The number of ether oxygens (including phenoxy) is 1. The van der Waals surface area contributed by atoms with Crippen molar-refractivity contribution in [2.24, 2.45) is 71.0 Å². The van der Waals surface area contributed by atoms with E-state index in [0.29, 0.717) is 47.3 Å². The van der Waals surface area contributed by atoms with Crippen LogP contribution in [0.25, 0.3) is 0 Å². The van der Waals surface area contributed by atoms with E-state index in [4.69, 9.17) is 4.74 Å². The lowest BCUT2D eigenvalue weighted by molar-refractivity contribution is -0.181. The van der Waals surface area contributed by atoms with Gasteiger partial charge >= 0.3 is 5.97 Å². The van der Waals surface area contributed by atoms with Gasteiger partial charge in [-0.3, -0.25) is 9.59 Å². The molecule has 7 rings (SSSR count). The quantitative estimate of drug-likeness (QED) is 0.566. The normalized spacial score (nSPS) is 51.1. The number of fused-ring (bicyclic) bond motifs is 5. The van der Waals surface area contributed by atoms with E-state index in [1.165, 1.54) is 51.4 Å². The van der Waals surface area contributed by atoms with Crippen LogP contribution in [-0.2, 0) is 14.3 Å². The fourth-order valence-corrected chi connectivity index (χ4v) is 10.7.